The van der Waals surface area contributed by atoms with Gasteiger partial charge < -0.3 is 10.6 Å². The van der Waals surface area contributed by atoms with Crippen LogP contribution < -0.4 is 5.73 Å². The third-order valence-corrected chi connectivity index (χ3v) is 2.22. The van der Waals surface area contributed by atoms with E-state index in [4.69, 9.17) is 11.0 Å². The van der Waals surface area contributed by atoms with Crippen molar-refractivity contribution < 1.29 is 0 Å². The zero-order chi connectivity index (χ0) is 8.97. The van der Waals surface area contributed by atoms with E-state index >= 15 is 0 Å². The van der Waals surface area contributed by atoms with Crippen molar-refractivity contribution in [3.63, 3.8) is 0 Å². The monoisotopic (exact) mass is 168 g/mol. The Balaban J connectivity index is 2.22. The molecule has 1 unspecified atom stereocenters. The molecule has 1 saturated heterocycles. The van der Waals surface area contributed by atoms with E-state index in [1.807, 2.05) is 6.07 Å². The molecule has 68 valence electrons. The van der Waals surface area contributed by atoms with Crippen LogP contribution in [0, 0.1) is 11.3 Å². The van der Waals surface area contributed by atoms with Crippen LogP contribution in [0.1, 0.15) is 0 Å². The van der Waals surface area contributed by atoms with E-state index < -0.39 is 0 Å². The maximum atomic E-state index is 8.51. The molecular formula is C8H16N4. The van der Waals surface area contributed by atoms with Gasteiger partial charge in [0.2, 0.25) is 0 Å². The van der Waals surface area contributed by atoms with Crippen LogP contribution in [0.25, 0.3) is 0 Å². The van der Waals surface area contributed by atoms with Crippen molar-refractivity contribution in [2.24, 2.45) is 5.73 Å². The van der Waals surface area contributed by atoms with Crippen molar-refractivity contribution in [3.8, 4) is 6.07 Å². The minimum absolute atomic E-state index is 0.326. The second-order valence-electron chi connectivity index (χ2n) is 3.34. The predicted molar refractivity (Wildman–Crippen MR) is 47.5 cm³/mol. The fourth-order valence-corrected chi connectivity index (χ4v) is 1.35. The highest BCUT2D eigenvalue weighted by molar-refractivity contribution is 4.89. The molecule has 1 atom stereocenters. The second-order valence-corrected chi connectivity index (χ2v) is 3.34. The molecule has 0 amide bonds. The minimum Gasteiger partial charge on any atom is -0.315 e. The van der Waals surface area contributed by atoms with Gasteiger partial charge in [-0.3, -0.25) is 4.90 Å². The summed E-state index contributed by atoms with van der Waals surface area (Å²) >= 11 is 0. The predicted octanol–water partition coefficient (Wildman–Crippen LogP) is -0.915. The van der Waals surface area contributed by atoms with Gasteiger partial charge in [0.25, 0.3) is 0 Å². The van der Waals surface area contributed by atoms with Crippen molar-refractivity contribution in [1.82, 2.24) is 9.80 Å². The molecule has 1 rings (SSSR count). The summed E-state index contributed by atoms with van der Waals surface area (Å²) in [5.74, 6) is 0. The molecule has 0 radical (unpaired) electrons. The van der Waals surface area contributed by atoms with Gasteiger partial charge in [-0.15, -0.1) is 0 Å². The molecule has 12 heavy (non-hydrogen) atoms. The summed E-state index contributed by atoms with van der Waals surface area (Å²) in [5, 5.41) is 8.51. The molecule has 4 nitrogen and oxygen atoms in total. The Morgan fingerprint density at radius 3 is 2.50 bits per heavy atom. The van der Waals surface area contributed by atoms with Gasteiger partial charge in [-0.1, -0.05) is 0 Å². The van der Waals surface area contributed by atoms with Gasteiger partial charge in [-0.05, 0) is 7.05 Å². The number of piperazine rings is 1. The Bertz CT molecular complexity index is 166. The van der Waals surface area contributed by atoms with Crippen LogP contribution in [0.2, 0.25) is 0 Å². The highest BCUT2D eigenvalue weighted by Gasteiger charge is 2.15. The molecule has 0 bridgehead atoms. The summed E-state index contributed by atoms with van der Waals surface area (Å²) in [7, 11) is 2.11. The lowest BCUT2D eigenvalue weighted by Crippen LogP contribution is -2.48. The lowest BCUT2D eigenvalue weighted by atomic mass is 10.2. The maximum absolute atomic E-state index is 8.51. The number of nitrogens with two attached hydrogens (primary N) is 1. The van der Waals surface area contributed by atoms with Gasteiger partial charge in [0.15, 0.2) is 0 Å². The topological polar surface area (TPSA) is 56.3 Å². The first-order valence-electron chi connectivity index (χ1n) is 4.28. The second kappa shape index (κ2) is 4.41. The van der Waals surface area contributed by atoms with Crippen LogP contribution in [-0.2, 0) is 0 Å². The van der Waals surface area contributed by atoms with Crippen LogP contribution in [0.4, 0.5) is 0 Å². The average molecular weight is 168 g/mol. The molecule has 0 saturated carbocycles. The zero-order valence-electron chi connectivity index (χ0n) is 7.53. The first-order valence-corrected chi connectivity index (χ1v) is 4.28. The van der Waals surface area contributed by atoms with Gasteiger partial charge in [-0.25, -0.2) is 0 Å². The third-order valence-electron chi connectivity index (χ3n) is 2.22. The van der Waals surface area contributed by atoms with Gasteiger partial charge in [-0.2, -0.15) is 5.26 Å². The summed E-state index contributed by atoms with van der Waals surface area (Å²) in [4.78, 5) is 4.53. The smallest absolute Gasteiger partial charge is 0.106 e. The lowest BCUT2D eigenvalue weighted by molar-refractivity contribution is 0.152. The average Bonchev–Trinajstić information content (AvgIpc) is 2.09. The molecule has 1 fully saturated rings. The SMILES string of the molecule is CN1CCN(CC(N)C#N)CC1. The van der Waals surface area contributed by atoms with Crippen LogP contribution in [0.5, 0.6) is 0 Å². The summed E-state index contributed by atoms with van der Waals surface area (Å²) in [5.41, 5.74) is 5.52. The molecule has 4 heteroatoms. The van der Waals surface area contributed by atoms with Crippen LogP contribution in [-0.4, -0.2) is 55.6 Å². The van der Waals surface area contributed by atoms with Crippen molar-refractivity contribution in [3.05, 3.63) is 0 Å². The molecule has 0 spiro atoms. The fraction of sp³-hybridized carbons (Fsp3) is 0.875. The fourth-order valence-electron chi connectivity index (χ4n) is 1.35. The molecular weight excluding hydrogens is 152 g/mol. The van der Waals surface area contributed by atoms with Crippen LogP contribution in [0.15, 0.2) is 0 Å². The summed E-state index contributed by atoms with van der Waals surface area (Å²) in [6.45, 7) is 4.94. The first kappa shape index (κ1) is 9.46. The van der Waals surface area contributed by atoms with Gasteiger partial charge >= 0.3 is 0 Å². The number of hydrogen-bond donors (Lipinski definition) is 1. The van der Waals surface area contributed by atoms with Crippen molar-refractivity contribution >= 4 is 0 Å². The van der Waals surface area contributed by atoms with Crippen molar-refractivity contribution in [2.45, 2.75) is 6.04 Å². The highest BCUT2D eigenvalue weighted by Crippen LogP contribution is 1.98. The number of rotatable bonds is 2. The molecule has 1 aliphatic rings. The van der Waals surface area contributed by atoms with Crippen LogP contribution in [0.3, 0.4) is 0 Å². The van der Waals surface area contributed by atoms with Gasteiger partial charge in [0.1, 0.15) is 6.04 Å². The van der Waals surface area contributed by atoms with E-state index in [1.165, 1.54) is 0 Å². The molecule has 0 aliphatic carbocycles. The van der Waals surface area contributed by atoms with Crippen molar-refractivity contribution in [2.75, 3.05) is 39.8 Å². The van der Waals surface area contributed by atoms with E-state index in [-0.39, 0.29) is 6.04 Å². The van der Waals surface area contributed by atoms with Crippen LogP contribution >= 0.6 is 0 Å². The Morgan fingerprint density at radius 1 is 1.42 bits per heavy atom. The number of nitriles is 1. The van der Waals surface area contributed by atoms with E-state index in [0.29, 0.717) is 6.54 Å². The molecule has 2 N–H and O–H groups in total. The first-order chi connectivity index (χ1) is 5.72. The summed E-state index contributed by atoms with van der Waals surface area (Å²) < 4.78 is 0. The van der Waals surface area contributed by atoms with Crippen molar-refractivity contribution in [1.29, 1.82) is 5.26 Å². The van der Waals surface area contributed by atoms with E-state index in [9.17, 15) is 0 Å². The summed E-state index contributed by atoms with van der Waals surface area (Å²) in [6, 6.07) is 1.72. The van der Waals surface area contributed by atoms with Gasteiger partial charge in [0, 0.05) is 32.7 Å². The number of hydrogen-bond acceptors (Lipinski definition) is 4. The molecule has 1 aliphatic heterocycles. The quantitative estimate of drug-likeness (QED) is 0.579. The molecule has 1 heterocycles. The highest BCUT2D eigenvalue weighted by atomic mass is 15.2. The lowest BCUT2D eigenvalue weighted by Gasteiger charge is -2.32. The Kier molecular flexibility index (Phi) is 3.48. The third kappa shape index (κ3) is 2.78. The number of nitrogens with zero attached hydrogens (tertiary/aromatic N) is 3. The van der Waals surface area contributed by atoms with E-state index in [1.54, 1.807) is 0 Å². The summed E-state index contributed by atoms with van der Waals surface area (Å²) in [6.07, 6.45) is 0. The molecule has 0 aromatic heterocycles. The van der Waals surface area contributed by atoms with Gasteiger partial charge in [0.05, 0.1) is 6.07 Å². The zero-order valence-corrected chi connectivity index (χ0v) is 7.53. The standard InChI is InChI=1S/C8H16N4/c1-11-2-4-12(5-3-11)7-8(10)6-9/h8H,2-5,7,10H2,1H3. The normalized spacial score (nSPS) is 23.4. The number of likely N-dealkylation sites (N-methyl/N-ethyl adjacent to an activating group) is 1. The Morgan fingerprint density at radius 2 is 2.00 bits per heavy atom. The Labute approximate surface area is 73.5 Å². The largest absolute Gasteiger partial charge is 0.315 e. The Hall–Kier alpha value is -0.630. The van der Waals surface area contributed by atoms with E-state index in [2.05, 4.69) is 16.8 Å². The molecule has 0 aromatic carbocycles. The minimum atomic E-state index is -0.326. The van der Waals surface area contributed by atoms with E-state index in [0.717, 1.165) is 26.2 Å². The maximum Gasteiger partial charge on any atom is 0.106 e. The molecule has 0 aromatic rings.